The molecule has 0 aliphatic heterocycles. The van der Waals surface area contributed by atoms with Crippen molar-refractivity contribution in [2.45, 2.75) is 40.2 Å². The number of aryl methyl sites for hydroxylation is 1. The van der Waals surface area contributed by atoms with Crippen LogP contribution in [0.1, 0.15) is 33.6 Å². The predicted molar refractivity (Wildman–Crippen MR) is 73.4 cm³/mol. The van der Waals surface area contributed by atoms with Crippen molar-refractivity contribution in [3.8, 4) is 0 Å². The van der Waals surface area contributed by atoms with E-state index in [-0.39, 0.29) is 0 Å². The quantitative estimate of drug-likeness (QED) is 0.671. The van der Waals surface area contributed by atoms with Crippen LogP contribution in [-0.2, 0) is 6.54 Å². The van der Waals surface area contributed by atoms with Crippen molar-refractivity contribution in [3.05, 3.63) is 12.4 Å². The summed E-state index contributed by atoms with van der Waals surface area (Å²) in [6.07, 6.45) is 6.21. The molecule has 1 aromatic heterocycles. The highest BCUT2D eigenvalue weighted by Crippen LogP contribution is 2.05. The fraction of sp³-hybridized carbons (Fsp3) is 0.769. The smallest absolute Gasteiger partial charge is 0.202 e. The largest absolute Gasteiger partial charge is 0.356 e. The van der Waals surface area contributed by atoms with E-state index in [0.717, 1.165) is 45.1 Å². The molecule has 1 heterocycles. The first kappa shape index (κ1) is 14.0. The molecule has 0 bridgehead atoms. The van der Waals surface area contributed by atoms with Gasteiger partial charge in [0.2, 0.25) is 5.95 Å². The lowest BCUT2D eigenvalue weighted by molar-refractivity contribution is 0.303. The average Bonchev–Trinajstić information content (AvgIpc) is 2.78. The van der Waals surface area contributed by atoms with Gasteiger partial charge >= 0.3 is 0 Å². The molecule has 1 rings (SSSR count). The predicted octanol–water partition coefficient (Wildman–Crippen LogP) is 2.44. The third-order valence-electron chi connectivity index (χ3n) is 3.01. The molecule has 4 nitrogen and oxygen atoms in total. The molecule has 0 aromatic carbocycles. The summed E-state index contributed by atoms with van der Waals surface area (Å²) in [6.45, 7) is 12.1. The number of nitrogens with one attached hydrogen (secondary N) is 1. The molecule has 0 saturated heterocycles. The van der Waals surface area contributed by atoms with Crippen molar-refractivity contribution in [2.75, 3.05) is 31.5 Å². The Morgan fingerprint density at radius 2 is 2.06 bits per heavy atom. The van der Waals surface area contributed by atoms with Gasteiger partial charge in [0.15, 0.2) is 0 Å². The number of imidazole rings is 1. The minimum atomic E-state index is 0.997. The molecule has 0 aliphatic rings. The number of nitrogens with zero attached hydrogens (tertiary/aromatic N) is 3. The van der Waals surface area contributed by atoms with Crippen LogP contribution in [0.2, 0.25) is 0 Å². The highest BCUT2D eigenvalue weighted by Gasteiger charge is 2.01. The summed E-state index contributed by atoms with van der Waals surface area (Å²) in [5.74, 6) is 1.01. The van der Waals surface area contributed by atoms with Crippen LogP contribution in [0.15, 0.2) is 12.4 Å². The van der Waals surface area contributed by atoms with Crippen molar-refractivity contribution in [1.29, 1.82) is 0 Å². The maximum absolute atomic E-state index is 4.33. The molecule has 98 valence electrons. The van der Waals surface area contributed by atoms with Gasteiger partial charge in [-0.3, -0.25) is 0 Å². The highest BCUT2D eigenvalue weighted by atomic mass is 15.2. The number of anilines is 1. The molecule has 0 unspecified atom stereocenters. The van der Waals surface area contributed by atoms with Crippen molar-refractivity contribution in [3.63, 3.8) is 0 Å². The Kier molecular flexibility index (Phi) is 6.70. The van der Waals surface area contributed by atoms with Crippen LogP contribution < -0.4 is 5.32 Å². The van der Waals surface area contributed by atoms with Gasteiger partial charge in [-0.1, -0.05) is 20.8 Å². The Bertz CT molecular complexity index is 291. The van der Waals surface area contributed by atoms with Crippen LogP contribution in [0, 0.1) is 0 Å². The zero-order valence-electron chi connectivity index (χ0n) is 11.4. The lowest BCUT2D eigenvalue weighted by atomic mass is 10.3. The molecular weight excluding hydrogens is 212 g/mol. The van der Waals surface area contributed by atoms with E-state index < -0.39 is 0 Å². The van der Waals surface area contributed by atoms with Gasteiger partial charge in [-0.15, -0.1) is 0 Å². The summed E-state index contributed by atoms with van der Waals surface area (Å²) in [5.41, 5.74) is 0. The van der Waals surface area contributed by atoms with Gasteiger partial charge in [0.1, 0.15) is 0 Å². The minimum absolute atomic E-state index is 0.997. The highest BCUT2D eigenvalue weighted by molar-refractivity contribution is 5.25. The zero-order chi connectivity index (χ0) is 12.5. The lowest BCUT2D eigenvalue weighted by Crippen LogP contribution is -2.25. The Morgan fingerprint density at radius 1 is 1.29 bits per heavy atom. The molecule has 0 amide bonds. The van der Waals surface area contributed by atoms with Gasteiger partial charge in [-0.05, 0) is 32.5 Å². The third-order valence-corrected chi connectivity index (χ3v) is 3.01. The molecule has 0 spiro atoms. The molecule has 1 aromatic rings. The maximum atomic E-state index is 4.33. The molecule has 0 radical (unpaired) electrons. The second-order valence-electron chi connectivity index (χ2n) is 4.25. The van der Waals surface area contributed by atoms with Crippen LogP contribution in [0.5, 0.6) is 0 Å². The van der Waals surface area contributed by atoms with E-state index in [1.165, 1.54) is 6.42 Å². The van der Waals surface area contributed by atoms with E-state index in [2.05, 4.69) is 40.5 Å². The zero-order valence-corrected chi connectivity index (χ0v) is 11.4. The van der Waals surface area contributed by atoms with Gasteiger partial charge in [0.25, 0.3) is 0 Å². The van der Waals surface area contributed by atoms with E-state index in [4.69, 9.17) is 0 Å². The number of aromatic nitrogens is 2. The first-order valence-electron chi connectivity index (χ1n) is 6.79. The van der Waals surface area contributed by atoms with Crippen molar-refractivity contribution >= 4 is 5.95 Å². The van der Waals surface area contributed by atoms with Crippen LogP contribution in [0.25, 0.3) is 0 Å². The molecule has 0 aliphatic carbocycles. The Labute approximate surface area is 105 Å². The second-order valence-corrected chi connectivity index (χ2v) is 4.25. The fourth-order valence-corrected chi connectivity index (χ4v) is 1.94. The summed E-state index contributed by atoms with van der Waals surface area (Å²) in [4.78, 5) is 6.77. The van der Waals surface area contributed by atoms with Crippen LogP contribution in [0.4, 0.5) is 5.95 Å². The monoisotopic (exact) mass is 238 g/mol. The number of rotatable bonds is 9. The fourth-order valence-electron chi connectivity index (χ4n) is 1.94. The lowest BCUT2D eigenvalue weighted by Gasteiger charge is -2.17. The first-order chi connectivity index (χ1) is 8.31. The van der Waals surface area contributed by atoms with Crippen LogP contribution >= 0.6 is 0 Å². The SMILES string of the molecule is CCCn1ccnc1NCCCN(CC)CC. The van der Waals surface area contributed by atoms with Crippen LogP contribution in [-0.4, -0.2) is 40.6 Å². The van der Waals surface area contributed by atoms with Gasteiger partial charge in [-0.25, -0.2) is 4.98 Å². The molecule has 0 atom stereocenters. The molecule has 0 saturated carbocycles. The van der Waals surface area contributed by atoms with E-state index in [1.807, 2.05) is 12.4 Å². The van der Waals surface area contributed by atoms with E-state index in [0.29, 0.717) is 0 Å². The van der Waals surface area contributed by atoms with Gasteiger partial charge in [0.05, 0.1) is 0 Å². The summed E-state index contributed by atoms with van der Waals surface area (Å²) in [5, 5.41) is 3.41. The van der Waals surface area contributed by atoms with Gasteiger partial charge in [0, 0.05) is 25.5 Å². The normalized spacial score (nSPS) is 11.1. The minimum Gasteiger partial charge on any atom is -0.356 e. The summed E-state index contributed by atoms with van der Waals surface area (Å²) < 4.78 is 2.18. The Balaban J connectivity index is 2.23. The standard InChI is InChI=1S/C13H26N4/c1-4-10-17-12-9-15-13(17)14-8-7-11-16(5-2)6-3/h9,12H,4-8,10-11H2,1-3H3,(H,14,15). The van der Waals surface area contributed by atoms with E-state index in [1.54, 1.807) is 0 Å². The molecule has 17 heavy (non-hydrogen) atoms. The Hall–Kier alpha value is -1.03. The second kappa shape index (κ2) is 8.12. The summed E-state index contributed by atoms with van der Waals surface area (Å²) in [6, 6.07) is 0. The first-order valence-corrected chi connectivity index (χ1v) is 6.79. The van der Waals surface area contributed by atoms with Crippen molar-refractivity contribution < 1.29 is 0 Å². The number of hydrogen-bond donors (Lipinski definition) is 1. The average molecular weight is 238 g/mol. The number of hydrogen-bond acceptors (Lipinski definition) is 3. The molecule has 0 fully saturated rings. The summed E-state index contributed by atoms with van der Waals surface area (Å²) >= 11 is 0. The third kappa shape index (κ3) is 4.77. The van der Waals surface area contributed by atoms with E-state index >= 15 is 0 Å². The van der Waals surface area contributed by atoms with Crippen molar-refractivity contribution in [1.82, 2.24) is 14.5 Å². The summed E-state index contributed by atoms with van der Waals surface area (Å²) in [7, 11) is 0. The van der Waals surface area contributed by atoms with Gasteiger partial charge in [-0.2, -0.15) is 0 Å². The topological polar surface area (TPSA) is 33.1 Å². The Morgan fingerprint density at radius 3 is 2.71 bits per heavy atom. The van der Waals surface area contributed by atoms with Crippen LogP contribution in [0.3, 0.4) is 0 Å². The molecular formula is C13H26N4. The maximum Gasteiger partial charge on any atom is 0.202 e. The van der Waals surface area contributed by atoms with E-state index in [9.17, 15) is 0 Å². The molecule has 1 N–H and O–H groups in total. The van der Waals surface area contributed by atoms with Crippen molar-refractivity contribution in [2.24, 2.45) is 0 Å². The molecule has 4 heteroatoms. The van der Waals surface area contributed by atoms with Gasteiger partial charge < -0.3 is 14.8 Å².